The molecule has 1 aromatic rings. The number of nitrogens with one attached hydrogen (secondary N) is 2. The van der Waals surface area contributed by atoms with E-state index in [2.05, 4.69) is 61.2 Å². The number of rotatable bonds is 4. The van der Waals surface area contributed by atoms with Gasteiger partial charge in [0.1, 0.15) is 0 Å². The van der Waals surface area contributed by atoms with E-state index in [-0.39, 0.29) is 24.0 Å². The summed E-state index contributed by atoms with van der Waals surface area (Å²) in [5.74, 6) is 0.837. The molecule has 1 fully saturated rings. The summed E-state index contributed by atoms with van der Waals surface area (Å²) in [4.78, 5) is 6.61. The van der Waals surface area contributed by atoms with E-state index in [1.54, 1.807) is 7.05 Å². The maximum absolute atomic E-state index is 4.22. The molecule has 6 heteroatoms. The number of hydrogen-bond acceptors (Lipinski definition) is 2. The molecule has 0 saturated carbocycles. The molecule has 1 aliphatic rings. The fraction of sp³-hybridized carbons (Fsp3) is 0.400. The molecule has 21 heavy (non-hydrogen) atoms. The third kappa shape index (κ3) is 5.18. The Labute approximate surface area is 152 Å². The number of anilines is 1. The predicted octanol–water partition coefficient (Wildman–Crippen LogP) is 3.00. The van der Waals surface area contributed by atoms with Crippen molar-refractivity contribution < 1.29 is 0 Å². The highest BCUT2D eigenvalue weighted by atomic mass is 127. The lowest BCUT2D eigenvalue weighted by Gasteiger charge is -2.21. The van der Waals surface area contributed by atoms with Crippen molar-refractivity contribution in [2.24, 2.45) is 4.99 Å². The summed E-state index contributed by atoms with van der Waals surface area (Å²) in [6, 6.07) is 8.77. The number of para-hydroxylation sites is 1. The van der Waals surface area contributed by atoms with Crippen LogP contribution in [-0.2, 0) is 0 Å². The van der Waals surface area contributed by atoms with Gasteiger partial charge in [-0.1, -0.05) is 18.2 Å². The Morgan fingerprint density at radius 1 is 1.52 bits per heavy atom. The zero-order valence-electron chi connectivity index (χ0n) is 12.2. The molecule has 1 aromatic carbocycles. The van der Waals surface area contributed by atoms with Crippen LogP contribution in [0.5, 0.6) is 0 Å². The van der Waals surface area contributed by atoms with Crippen LogP contribution in [0, 0.1) is 0 Å². The summed E-state index contributed by atoms with van der Waals surface area (Å²) in [6.07, 6.45) is 2.94. The van der Waals surface area contributed by atoms with Gasteiger partial charge in [-0.25, -0.2) is 0 Å². The van der Waals surface area contributed by atoms with Gasteiger partial charge >= 0.3 is 0 Å². The van der Waals surface area contributed by atoms with Crippen LogP contribution in [0.15, 0.2) is 46.4 Å². The van der Waals surface area contributed by atoms with Crippen molar-refractivity contribution in [2.45, 2.75) is 12.5 Å². The van der Waals surface area contributed by atoms with Crippen LogP contribution in [0.25, 0.3) is 0 Å². The summed E-state index contributed by atoms with van der Waals surface area (Å²) >= 11 is 3.62. The van der Waals surface area contributed by atoms with Crippen molar-refractivity contribution >= 4 is 51.6 Å². The molecule has 2 rings (SSSR count). The molecule has 4 nitrogen and oxygen atoms in total. The molecule has 1 saturated heterocycles. The van der Waals surface area contributed by atoms with Crippen LogP contribution < -0.4 is 15.5 Å². The Kier molecular flexibility index (Phi) is 8.10. The zero-order chi connectivity index (χ0) is 14.4. The summed E-state index contributed by atoms with van der Waals surface area (Å²) in [7, 11) is 1.79. The summed E-state index contributed by atoms with van der Waals surface area (Å²) < 4.78 is 1.15. The van der Waals surface area contributed by atoms with Crippen LogP contribution >= 0.6 is 39.9 Å². The first-order valence-corrected chi connectivity index (χ1v) is 7.61. The van der Waals surface area contributed by atoms with Crippen LogP contribution in [0.1, 0.15) is 6.42 Å². The van der Waals surface area contributed by atoms with Gasteiger partial charge < -0.3 is 15.5 Å². The van der Waals surface area contributed by atoms with E-state index in [0.717, 1.165) is 36.5 Å². The number of aliphatic imine (C=N–C) groups is 1. The SMILES string of the molecule is C=CCNC(=NC)NC1CCN(c2ccccc2Br)C1.I. The fourth-order valence-corrected chi connectivity index (χ4v) is 2.90. The van der Waals surface area contributed by atoms with Crippen molar-refractivity contribution in [3.63, 3.8) is 0 Å². The van der Waals surface area contributed by atoms with Crippen LogP contribution in [-0.4, -0.2) is 38.7 Å². The van der Waals surface area contributed by atoms with Crippen LogP contribution in [0.4, 0.5) is 5.69 Å². The molecule has 1 heterocycles. The van der Waals surface area contributed by atoms with Gasteiger partial charge in [0.25, 0.3) is 0 Å². The number of benzene rings is 1. The highest BCUT2D eigenvalue weighted by Gasteiger charge is 2.24. The lowest BCUT2D eigenvalue weighted by Crippen LogP contribution is -2.44. The summed E-state index contributed by atoms with van der Waals surface area (Å²) in [5, 5.41) is 6.66. The minimum Gasteiger partial charge on any atom is -0.368 e. The minimum absolute atomic E-state index is 0. The lowest BCUT2D eigenvalue weighted by molar-refractivity contribution is 0.654. The molecule has 1 aliphatic heterocycles. The second-order valence-corrected chi connectivity index (χ2v) is 5.62. The van der Waals surface area contributed by atoms with Crippen LogP contribution in [0.2, 0.25) is 0 Å². The Hall–Kier alpha value is -0.760. The van der Waals surface area contributed by atoms with Gasteiger partial charge in [-0.15, -0.1) is 30.6 Å². The Morgan fingerprint density at radius 2 is 2.29 bits per heavy atom. The second kappa shape index (κ2) is 9.30. The molecule has 0 amide bonds. The Bertz CT molecular complexity index is 492. The summed E-state index contributed by atoms with van der Waals surface area (Å²) in [6.45, 7) is 6.46. The second-order valence-electron chi connectivity index (χ2n) is 4.77. The molecule has 0 aromatic heterocycles. The average molecular weight is 465 g/mol. The number of hydrogen-bond donors (Lipinski definition) is 2. The van der Waals surface area contributed by atoms with Crippen molar-refractivity contribution in [3.8, 4) is 0 Å². The van der Waals surface area contributed by atoms with Crippen LogP contribution in [0.3, 0.4) is 0 Å². The lowest BCUT2D eigenvalue weighted by atomic mass is 10.3. The number of halogens is 2. The average Bonchev–Trinajstić information content (AvgIpc) is 2.92. The van der Waals surface area contributed by atoms with Gasteiger partial charge in [0, 0.05) is 37.2 Å². The van der Waals surface area contributed by atoms with Crippen molar-refractivity contribution in [3.05, 3.63) is 41.4 Å². The van der Waals surface area contributed by atoms with E-state index < -0.39 is 0 Å². The third-order valence-electron chi connectivity index (χ3n) is 3.36. The molecule has 0 radical (unpaired) electrons. The number of guanidine groups is 1. The highest BCUT2D eigenvalue weighted by molar-refractivity contribution is 14.0. The molecule has 116 valence electrons. The summed E-state index contributed by atoms with van der Waals surface area (Å²) in [5.41, 5.74) is 1.26. The first-order chi connectivity index (χ1) is 9.74. The monoisotopic (exact) mass is 464 g/mol. The van der Waals surface area contributed by atoms with E-state index in [0.29, 0.717) is 6.04 Å². The first kappa shape index (κ1) is 18.3. The van der Waals surface area contributed by atoms with E-state index >= 15 is 0 Å². The van der Waals surface area contributed by atoms with Crippen molar-refractivity contribution in [1.82, 2.24) is 10.6 Å². The smallest absolute Gasteiger partial charge is 0.191 e. The van der Waals surface area contributed by atoms with Gasteiger partial charge in [-0.2, -0.15) is 0 Å². The molecular formula is C15H22BrIN4. The quantitative estimate of drug-likeness (QED) is 0.311. The topological polar surface area (TPSA) is 39.7 Å². The third-order valence-corrected chi connectivity index (χ3v) is 4.03. The Balaban J connectivity index is 0.00000220. The molecular weight excluding hydrogens is 443 g/mol. The van der Waals surface area contributed by atoms with Gasteiger partial charge in [0.2, 0.25) is 0 Å². The predicted molar refractivity (Wildman–Crippen MR) is 105 cm³/mol. The first-order valence-electron chi connectivity index (χ1n) is 6.82. The molecule has 0 bridgehead atoms. The van der Waals surface area contributed by atoms with Crippen molar-refractivity contribution in [2.75, 3.05) is 31.6 Å². The molecule has 0 spiro atoms. The fourth-order valence-electron chi connectivity index (χ4n) is 2.36. The maximum atomic E-state index is 4.22. The largest absolute Gasteiger partial charge is 0.368 e. The van der Waals surface area contributed by atoms with E-state index in [9.17, 15) is 0 Å². The van der Waals surface area contributed by atoms with E-state index in [1.165, 1.54) is 5.69 Å². The molecule has 0 aliphatic carbocycles. The van der Waals surface area contributed by atoms with Gasteiger partial charge in [-0.3, -0.25) is 4.99 Å². The van der Waals surface area contributed by atoms with Gasteiger partial charge in [0.15, 0.2) is 5.96 Å². The van der Waals surface area contributed by atoms with Gasteiger partial charge in [0.05, 0.1) is 5.69 Å². The maximum Gasteiger partial charge on any atom is 0.191 e. The van der Waals surface area contributed by atoms with Crippen molar-refractivity contribution in [1.29, 1.82) is 0 Å². The highest BCUT2D eigenvalue weighted by Crippen LogP contribution is 2.28. The van der Waals surface area contributed by atoms with Gasteiger partial charge in [-0.05, 0) is 34.5 Å². The standard InChI is InChI=1S/C15H21BrN4.HI/c1-3-9-18-15(17-2)19-12-8-10-20(11-12)14-7-5-4-6-13(14)16;/h3-7,12H,1,8-11H2,2H3,(H2,17,18,19);1H. The van der Waals surface area contributed by atoms with E-state index in [4.69, 9.17) is 0 Å². The normalized spacial score (nSPS) is 18.1. The Morgan fingerprint density at radius 3 is 2.95 bits per heavy atom. The number of nitrogens with zero attached hydrogens (tertiary/aromatic N) is 2. The molecule has 1 unspecified atom stereocenters. The van der Waals surface area contributed by atoms with E-state index in [1.807, 2.05) is 12.1 Å². The molecule has 1 atom stereocenters. The zero-order valence-corrected chi connectivity index (χ0v) is 16.1. The minimum atomic E-state index is 0. The molecule has 2 N–H and O–H groups in total.